The Morgan fingerprint density at radius 2 is 2.04 bits per heavy atom. The quantitative estimate of drug-likeness (QED) is 0.863. The first-order chi connectivity index (χ1) is 12.0. The van der Waals surface area contributed by atoms with Crippen molar-refractivity contribution in [1.82, 2.24) is 15.2 Å². The van der Waals surface area contributed by atoms with Gasteiger partial charge in [-0.25, -0.2) is 0 Å². The lowest BCUT2D eigenvalue weighted by Gasteiger charge is -2.35. The second-order valence-corrected chi connectivity index (χ2v) is 6.80. The number of nitrogens with one attached hydrogen (secondary N) is 2. The zero-order chi connectivity index (χ0) is 17.8. The summed E-state index contributed by atoms with van der Waals surface area (Å²) >= 11 is 0. The molecule has 2 heterocycles. The average molecular weight is 375 g/mol. The molecule has 1 aromatic carbocycles. The van der Waals surface area contributed by atoms with Gasteiger partial charge in [-0.3, -0.25) is 14.7 Å². The van der Waals surface area contributed by atoms with E-state index in [9.17, 15) is 4.79 Å². The lowest BCUT2D eigenvalue weighted by molar-refractivity contribution is -0.118. The van der Waals surface area contributed by atoms with E-state index < -0.39 is 0 Å². The van der Waals surface area contributed by atoms with E-state index in [1.54, 1.807) is 6.20 Å². The molecule has 1 unspecified atom stereocenters. The number of amides is 1. The van der Waals surface area contributed by atoms with Gasteiger partial charge >= 0.3 is 0 Å². The lowest BCUT2D eigenvalue weighted by Crippen LogP contribution is -2.48. The SMILES string of the molecule is Cc1cc(C)c(NC(=O)CN2CCNCC2c2cccnc2)c(C)c1.Cl. The third-order valence-electron chi connectivity index (χ3n) is 4.71. The van der Waals surface area contributed by atoms with Crippen LogP contribution in [0.2, 0.25) is 0 Å². The van der Waals surface area contributed by atoms with Gasteiger partial charge in [0.05, 0.1) is 6.54 Å². The second kappa shape index (κ2) is 9.12. The summed E-state index contributed by atoms with van der Waals surface area (Å²) in [5.74, 6) is 0.0332. The molecule has 5 nitrogen and oxygen atoms in total. The van der Waals surface area contributed by atoms with E-state index in [1.807, 2.05) is 26.1 Å². The van der Waals surface area contributed by atoms with Gasteiger partial charge in [-0.05, 0) is 43.5 Å². The van der Waals surface area contributed by atoms with E-state index in [4.69, 9.17) is 0 Å². The second-order valence-electron chi connectivity index (χ2n) is 6.80. The van der Waals surface area contributed by atoms with Crippen LogP contribution in [0.5, 0.6) is 0 Å². The molecule has 1 aromatic heterocycles. The molecule has 1 saturated heterocycles. The van der Waals surface area contributed by atoms with Crippen molar-refractivity contribution in [3.8, 4) is 0 Å². The van der Waals surface area contributed by atoms with Gasteiger partial charge in [0, 0.05) is 43.8 Å². The molecule has 0 spiro atoms. The first kappa shape index (κ1) is 20.4. The zero-order valence-corrected chi connectivity index (χ0v) is 16.4. The fourth-order valence-electron chi connectivity index (χ4n) is 3.58. The highest BCUT2D eigenvalue weighted by atomic mass is 35.5. The third kappa shape index (κ3) is 4.81. The summed E-state index contributed by atoms with van der Waals surface area (Å²) < 4.78 is 0. The monoisotopic (exact) mass is 374 g/mol. The highest BCUT2D eigenvalue weighted by Crippen LogP contribution is 2.23. The maximum absolute atomic E-state index is 12.7. The molecule has 1 amide bonds. The van der Waals surface area contributed by atoms with Crippen molar-refractivity contribution in [1.29, 1.82) is 0 Å². The van der Waals surface area contributed by atoms with Gasteiger partial charge in [0.1, 0.15) is 0 Å². The molecule has 3 rings (SSSR count). The Kier molecular flexibility index (Phi) is 7.14. The van der Waals surface area contributed by atoms with Crippen LogP contribution in [0, 0.1) is 20.8 Å². The van der Waals surface area contributed by atoms with Gasteiger partial charge in [-0.15, -0.1) is 12.4 Å². The van der Waals surface area contributed by atoms with E-state index in [0.29, 0.717) is 6.54 Å². The maximum Gasteiger partial charge on any atom is 0.238 e. The number of halogens is 1. The van der Waals surface area contributed by atoms with Crippen LogP contribution >= 0.6 is 12.4 Å². The van der Waals surface area contributed by atoms with Gasteiger partial charge < -0.3 is 10.6 Å². The highest BCUT2D eigenvalue weighted by molar-refractivity contribution is 5.93. The van der Waals surface area contributed by atoms with Gasteiger partial charge in [0.25, 0.3) is 0 Å². The van der Waals surface area contributed by atoms with Gasteiger partial charge in [-0.2, -0.15) is 0 Å². The maximum atomic E-state index is 12.7. The molecule has 0 bridgehead atoms. The summed E-state index contributed by atoms with van der Waals surface area (Å²) in [5, 5.41) is 6.52. The number of anilines is 1. The number of carbonyl (C=O) groups is 1. The first-order valence-corrected chi connectivity index (χ1v) is 8.77. The van der Waals surface area contributed by atoms with Crippen LogP contribution in [0.3, 0.4) is 0 Å². The van der Waals surface area contributed by atoms with Crippen molar-refractivity contribution in [3.05, 3.63) is 58.9 Å². The summed E-state index contributed by atoms with van der Waals surface area (Å²) in [6, 6.07) is 8.40. The van der Waals surface area contributed by atoms with Crippen molar-refractivity contribution in [2.24, 2.45) is 0 Å². The van der Waals surface area contributed by atoms with Crippen LogP contribution in [-0.2, 0) is 4.79 Å². The van der Waals surface area contributed by atoms with Crippen molar-refractivity contribution in [3.63, 3.8) is 0 Å². The number of aryl methyl sites for hydroxylation is 3. The number of hydrogen-bond donors (Lipinski definition) is 2. The molecule has 1 fully saturated rings. The normalized spacial score (nSPS) is 17.4. The molecule has 26 heavy (non-hydrogen) atoms. The predicted molar refractivity (Wildman–Crippen MR) is 108 cm³/mol. The molecular weight excluding hydrogens is 348 g/mol. The molecule has 2 N–H and O–H groups in total. The van der Waals surface area contributed by atoms with Crippen molar-refractivity contribution >= 4 is 24.0 Å². The number of nitrogens with zero attached hydrogens (tertiary/aromatic N) is 2. The Bertz CT molecular complexity index is 728. The van der Waals surface area contributed by atoms with Crippen LogP contribution in [-0.4, -0.2) is 42.0 Å². The molecule has 1 aliphatic rings. The minimum absolute atomic E-state index is 0. The molecule has 1 atom stereocenters. The van der Waals surface area contributed by atoms with E-state index in [2.05, 4.69) is 45.6 Å². The first-order valence-electron chi connectivity index (χ1n) is 8.77. The van der Waals surface area contributed by atoms with Crippen LogP contribution < -0.4 is 10.6 Å². The van der Waals surface area contributed by atoms with E-state index in [0.717, 1.165) is 42.0 Å². The van der Waals surface area contributed by atoms with Gasteiger partial charge in [0.2, 0.25) is 5.91 Å². The van der Waals surface area contributed by atoms with Gasteiger partial charge in [-0.1, -0.05) is 23.8 Å². The van der Waals surface area contributed by atoms with E-state index in [-0.39, 0.29) is 24.4 Å². The molecule has 2 aromatic rings. The van der Waals surface area contributed by atoms with Crippen LogP contribution in [0.4, 0.5) is 5.69 Å². The number of hydrogen-bond acceptors (Lipinski definition) is 4. The minimum atomic E-state index is 0. The van der Waals surface area contributed by atoms with Crippen LogP contribution in [0.1, 0.15) is 28.3 Å². The molecule has 0 aliphatic carbocycles. The van der Waals surface area contributed by atoms with Crippen LogP contribution in [0.15, 0.2) is 36.7 Å². The Morgan fingerprint density at radius 3 is 2.69 bits per heavy atom. The summed E-state index contributed by atoms with van der Waals surface area (Å²) in [6.45, 7) is 9.11. The number of rotatable bonds is 4. The molecule has 140 valence electrons. The molecule has 6 heteroatoms. The summed E-state index contributed by atoms with van der Waals surface area (Å²) in [7, 11) is 0. The fourth-order valence-corrected chi connectivity index (χ4v) is 3.58. The predicted octanol–water partition coefficient (Wildman–Crippen LogP) is 3.01. The lowest BCUT2D eigenvalue weighted by atomic mass is 10.0. The Balaban J connectivity index is 0.00000243. The third-order valence-corrected chi connectivity index (χ3v) is 4.71. The minimum Gasteiger partial charge on any atom is -0.324 e. The van der Waals surface area contributed by atoms with Gasteiger partial charge in [0.15, 0.2) is 0 Å². The molecular formula is C20H27ClN4O. The standard InChI is InChI=1S/C20H26N4O.ClH/c1-14-9-15(2)20(16(3)10-14)23-19(25)13-24-8-7-22-12-18(24)17-5-4-6-21-11-17;/h4-6,9-11,18,22H,7-8,12-13H2,1-3H3,(H,23,25);1H. The Labute approximate surface area is 161 Å². The van der Waals surface area contributed by atoms with Crippen LogP contribution in [0.25, 0.3) is 0 Å². The molecule has 0 saturated carbocycles. The van der Waals surface area contributed by atoms with E-state index >= 15 is 0 Å². The number of benzene rings is 1. The molecule has 0 radical (unpaired) electrons. The number of carbonyl (C=O) groups excluding carboxylic acids is 1. The molecule has 1 aliphatic heterocycles. The summed E-state index contributed by atoms with van der Waals surface area (Å²) in [4.78, 5) is 19.1. The topological polar surface area (TPSA) is 57.3 Å². The van der Waals surface area contributed by atoms with Crippen molar-refractivity contribution in [2.75, 3.05) is 31.5 Å². The van der Waals surface area contributed by atoms with Crippen molar-refractivity contribution in [2.45, 2.75) is 26.8 Å². The Hall–Kier alpha value is -1.95. The summed E-state index contributed by atoms with van der Waals surface area (Å²) in [5.41, 5.74) is 5.51. The smallest absolute Gasteiger partial charge is 0.238 e. The number of pyridine rings is 1. The zero-order valence-electron chi connectivity index (χ0n) is 15.6. The fraction of sp³-hybridized carbons (Fsp3) is 0.400. The largest absolute Gasteiger partial charge is 0.324 e. The Morgan fingerprint density at radius 1 is 1.31 bits per heavy atom. The number of piperazine rings is 1. The highest BCUT2D eigenvalue weighted by Gasteiger charge is 2.25. The average Bonchev–Trinajstić information content (AvgIpc) is 2.59. The van der Waals surface area contributed by atoms with E-state index in [1.165, 1.54) is 5.56 Å². The van der Waals surface area contributed by atoms with Crippen molar-refractivity contribution < 1.29 is 4.79 Å². The number of aromatic nitrogens is 1. The summed E-state index contributed by atoms with van der Waals surface area (Å²) in [6.07, 6.45) is 3.66.